The van der Waals surface area contributed by atoms with Gasteiger partial charge < -0.3 is 15.5 Å². The summed E-state index contributed by atoms with van der Waals surface area (Å²) in [4.78, 5) is 24.9. The van der Waals surface area contributed by atoms with Crippen LogP contribution >= 0.6 is 0 Å². The molecule has 0 aliphatic heterocycles. The van der Waals surface area contributed by atoms with Gasteiger partial charge in [-0.25, -0.2) is 0 Å². The average molecular weight is 241 g/mol. The molecule has 0 heterocycles. The van der Waals surface area contributed by atoms with E-state index in [9.17, 15) is 9.59 Å². The van der Waals surface area contributed by atoms with Gasteiger partial charge in [0.25, 0.3) is 0 Å². The zero-order valence-electron chi connectivity index (χ0n) is 11.0. The number of nitrogens with zero attached hydrogens (tertiary/aromatic N) is 1. The van der Waals surface area contributed by atoms with Gasteiger partial charge >= 0.3 is 0 Å². The minimum Gasteiger partial charge on any atom is -0.345 e. The number of nitrogens with one attached hydrogen (secondary N) is 2. The first-order chi connectivity index (χ1) is 8.04. The van der Waals surface area contributed by atoms with Crippen molar-refractivity contribution in [2.75, 3.05) is 20.1 Å². The van der Waals surface area contributed by atoms with Crippen molar-refractivity contribution >= 4 is 11.8 Å². The largest absolute Gasteiger partial charge is 0.345 e. The highest BCUT2D eigenvalue weighted by Gasteiger charge is 2.21. The number of amides is 2. The third-order valence-electron chi connectivity index (χ3n) is 2.96. The van der Waals surface area contributed by atoms with Crippen molar-refractivity contribution in [1.82, 2.24) is 15.5 Å². The molecule has 5 nitrogen and oxygen atoms in total. The Morgan fingerprint density at radius 3 is 2.59 bits per heavy atom. The first-order valence-corrected chi connectivity index (χ1v) is 6.32. The van der Waals surface area contributed by atoms with E-state index in [1.165, 1.54) is 12.8 Å². The molecule has 1 rings (SSSR count). The van der Waals surface area contributed by atoms with E-state index in [2.05, 4.69) is 10.6 Å². The standard InChI is InChI=1S/C12H23N3O2/c1-4-15(3)12(17)9(2)14-11(16)7-8-13-10-5-6-10/h9-10,13H,4-8H2,1-3H3,(H,14,16). The van der Waals surface area contributed by atoms with Crippen molar-refractivity contribution in [3.05, 3.63) is 0 Å². The van der Waals surface area contributed by atoms with E-state index in [0.29, 0.717) is 25.6 Å². The molecule has 1 unspecified atom stereocenters. The normalized spacial score (nSPS) is 16.4. The summed E-state index contributed by atoms with van der Waals surface area (Å²) < 4.78 is 0. The summed E-state index contributed by atoms with van der Waals surface area (Å²) in [6, 6.07) is 0.182. The number of carbonyl (C=O) groups excluding carboxylic acids is 2. The fourth-order valence-electron chi connectivity index (χ4n) is 1.54. The average Bonchev–Trinajstić information content (AvgIpc) is 3.10. The number of carbonyl (C=O) groups is 2. The SMILES string of the molecule is CCN(C)C(=O)C(C)NC(=O)CCNC1CC1. The van der Waals surface area contributed by atoms with Crippen LogP contribution in [0.15, 0.2) is 0 Å². The highest BCUT2D eigenvalue weighted by atomic mass is 16.2. The van der Waals surface area contributed by atoms with Crippen LogP contribution in [-0.4, -0.2) is 48.9 Å². The summed E-state index contributed by atoms with van der Waals surface area (Å²) in [5.74, 6) is -0.112. The van der Waals surface area contributed by atoms with Crippen LogP contribution in [0.1, 0.15) is 33.1 Å². The fourth-order valence-corrected chi connectivity index (χ4v) is 1.54. The summed E-state index contributed by atoms with van der Waals surface area (Å²) in [7, 11) is 1.74. The van der Waals surface area contributed by atoms with Crippen molar-refractivity contribution < 1.29 is 9.59 Å². The second-order valence-electron chi connectivity index (χ2n) is 4.62. The van der Waals surface area contributed by atoms with Gasteiger partial charge in [0.15, 0.2) is 0 Å². The molecule has 0 aromatic carbocycles. The van der Waals surface area contributed by atoms with Crippen LogP contribution in [0.3, 0.4) is 0 Å². The molecule has 1 aliphatic carbocycles. The lowest BCUT2D eigenvalue weighted by Crippen LogP contribution is -2.45. The summed E-state index contributed by atoms with van der Waals surface area (Å²) >= 11 is 0. The monoisotopic (exact) mass is 241 g/mol. The molecule has 1 aliphatic rings. The molecule has 2 amide bonds. The fraction of sp³-hybridized carbons (Fsp3) is 0.833. The van der Waals surface area contributed by atoms with E-state index >= 15 is 0 Å². The minimum atomic E-state index is -0.437. The van der Waals surface area contributed by atoms with Gasteiger partial charge in [0.05, 0.1) is 0 Å². The van der Waals surface area contributed by atoms with Crippen molar-refractivity contribution in [3.8, 4) is 0 Å². The van der Waals surface area contributed by atoms with Crippen LogP contribution in [-0.2, 0) is 9.59 Å². The van der Waals surface area contributed by atoms with Crippen LogP contribution in [0.25, 0.3) is 0 Å². The zero-order valence-corrected chi connectivity index (χ0v) is 11.0. The minimum absolute atomic E-state index is 0.0454. The second kappa shape index (κ2) is 6.59. The van der Waals surface area contributed by atoms with Gasteiger partial charge in [-0.3, -0.25) is 9.59 Å². The third-order valence-corrected chi connectivity index (χ3v) is 2.96. The molecule has 2 N–H and O–H groups in total. The van der Waals surface area contributed by atoms with E-state index in [0.717, 1.165) is 0 Å². The highest BCUT2D eigenvalue weighted by Crippen LogP contribution is 2.18. The molecule has 0 bridgehead atoms. The molecule has 17 heavy (non-hydrogen) atoms. The van der Waals surface area contributed by atoms with Crippen LogP contribution in [0.4, 0.5) is 0 Å². The van der Waals surface area contributed by atoms with Gasteiger partial charge in [-0.15, -0.1) is 0 Å². The summed E-state index contributed by atoms with van der Waals surface area (Å²) in [6.45, 7) is 4.98. The molecule has 5 heteroatoms. The van der Waals surface area contributed by atoms with Gasteiger partial charge in [-0.1, -0.05) is 0 Å². The van der Waals surface area contributed by atoms with E-state index in [1.807, 2.05) is 6.92 Å². The molecule has 0 aromatic heterocycles. The molecule has 0 saturated heterocycles. The van der Waals surface area contributed by atoms with Crippen LogP contribution < -0.4 is 10.6 Å². The smallest absolute Gasteiger partial charge is 0.244 e. The molecular weight excluding hydrogens is 218 g/mol. The molecule has 98 valence electrons. The van der Waals surface area contributed by atoms with Gasteiger partial charge in [0.1, 0.15) is 6.04 Å². The van der Waals surface area contributed by atoms with E-state index in [4.69, 9.17) is 0 Å². The lowest BCUT2D eigenvalue weighted by atomic mass is 10.2. The first-order valence-electron chi connectivity index (χ1n) is 6.32. The topological polar surface area (TPSA) is 61.4 Å². The first kappa shape index (κ1) is 14.0. The van der Waals surface area contributed by atoms with Crippen LogP contribution in [0, 0.1) is 0 Å². The van der Waals surface area contributed by atoms with Crippen molar-refractivity contribution in [2.24, 2.45) is 0 Å². The lowest BCUT2D eigenvalue weighted by molar-refractivity contribution is -0.134. The Balaban J connectivity index is 2.16. The Kier molecular flexibility index (Phi) is 5.41. The number of likely N-dealkylation sites (N-methyl/N-ethyl adjacent to an activating group) is 1. The molecule has 1 saturated carbocycles. The molecule has 0 radical (unpaired) electrons. The maximum absolute atomic E-state index is 11.7. The highest BCUT2D eigenvalue weighted by molar-refractivity contribution is 5.87. The molecule has 0 spiro atoms. The van der Waals surface area contributed by atoms with Gasteiger partial charge in [0.2, 0.25) is 11.8 Å². The van der Waals surface area contributed by atoms with Crippen molar-refractivity contribution in [1.29, 1.82) is 0 Å². The Morgan fingerprint density at radius 2 is 2.06 bits per heavy atom. The maximum atomic E-state index is 11.7. The van der Waals surface area contributed by atoms with E-state index < -0.39 is 6.04 Å². The predicted molar refractivity (Wildman–Crippen MR) is 66.6 cm³/mol. The van der Waals surface area contributed by atoms with Crippen LogP contribution in [0.5, 0.6) is 0 Å². The number of rotatable bonds is 7. The Morgan fingerprint density at radius 1 is 1.41 bits per heavy atom. The third kappa shape index (κ3) is 5.17. The molecule has 1 atom stereocenters. The van der Waals surface area contributed by atoms with Crippen molar-refractivity contribution in [3.63, 3.8) is 0 Å². The maximum Gasteiger partial charge on any atom is 0.244 e. The molecule has 1 fully saturated rings. The predicted octanol–water partition coefficient (Wildman–Crippen LogP) is 0.112. The Bertz CT molecular complexity index is 277. The van der Waals surface area contributed by atoms with Gasteiger partial charge in [0, 0.05) is 32.6 Å². The van der Waals surface area contributed by atoms with Crippen LogP contribution in [0.2, 0.25) is 0 Å². The van der Waals surface area contributed by atoms with Gasteiger partial charge in [-0.05, 0) is 26.7 Å². The number of hydrogen-bond acceptors (Lipinski definition) is 3. The van der Waals surface area contributed by atoms with Gasteiger partial charge in [-0.2, -0.15) is 0 Å². The van der Waals surface area contributed by atoms with E-state index in [1.54, 1.807) is 18.9 Å². The summed E-state index contributed by atoms with van der Waals surface area (Å²) in [6.07, 6.45) is 2.87. The van der Waals surface area contributed by atoms with Crippen molar-refractivity contribution in [2.45, 2.75) is 45.2 Å². The summed E-state index contributed by atoms with van der Waals surface area (Å²) in [5, 5.41) is 5.99. The lowest BCUT2D eigenvalue weighted by Gasteiger charge is -2.20. The Labute approximate surface area is 103 Å². The number of hydrogen-bond donors (Lipinski definition) is 2. The second-order valence-corrected chi connectivity index (χ2v) is 4.62. The zero-order chi connectivity index (χ0) is 12.8. The van der Waals surface area contributed by atoms with E-state index in [-0.39, 0.29) is 11.8 Å². The molecule has 0 aromatic rings. The Hall–Kier alpha value is -1.10. The quantitative estimate of drug-likeness (QED) is 0.665. The molecular formula is C12H23N3O2. The summed E-state index contributed by atoms with van der Waals surface area (Å²) in [5.41, 5.74) is 0.